The number of benzene rings is 1. The number of nitrogens with one attached hydrogen (secondary N) is 1. The van der Waals surface area contributed by atoms with Crippen molar-refractivity contribution in [1.82, 2.24) is 15.1 Å². The maximum Gasteiger partial charge on any atom is 0.317 e. The monoisotopic (exact) mass is 331 g/mol. The SMILES string of the molecule is O=C(NCCCN1CCc2ccccc2C1)N1CCC[C@@H](CO)C1. The van der Waals surface area contributed by atoms with Crippen LogP contribution in [0.2, 0.25) is 0 Å². The van der Waals surface area contributed by atoms with Crippen LogP contribution in [0.4, 0.5) is 4.79 Å². The second-order valence-corrected chi connectivity index (χ2v) is 7.02. The van der Waals surface area contributed by atoms with Crippen molar-refractivity contribution >= 4 is 6.03 Å². The fraction of sp³-hybridized carbons (Fsp3) is 0.632. The van der Waals surface area contributed by atoms with E-state index in [1.165, 1.54) is 11.1 Å². The zero-order valence-electron chi connectivity index (χ0n) is 14.4. The van der Waals surface area contributed by atoms with Gasteiger partial charge in [0, 0.05) is 45.9 Å². The first-order valence-corrected chi connectivity index (χ1v) is 9.19. The van der Waals surface area contributed by atoms with E-state index in [1.807, 2.05) is 4.90 Å². The van der Waals surface area contributed by atoms with E-state index in [0.29, 0.717) is 6.54 Å². The van der Waals surface area contributed by atoms with Gasteiger partial charge in [-0.2, -0.15) is 0 Å². The van der Waals surface area contributed by atoms with Crippen LogP contribution >= 0.6 is 0 Å². The van der Waals surface area contributed by atoms with E-state index < -0.39 is 0 Å². The van der Waals surface area contributed by atoms with E-state index in [1.54, 1.807) is 0 Å². The van der Waals surface area contributed by atoms with Crippen LogP contribution in [0.3, 0.4) is 0 Å². The molecule has 2 amide bonds. The highest BCUT2D eigenvalue weighted by Crippen LogP contribution is 2.18. The van der Waals surface area contributed by atoms with Gasteiger partial charge in [-0.15, -0.1) is 0 Å². The highest BCUT2D eigenvalue weighted by atomic mass is 16.3. The Morgan fingerprint density at radius 2 is 2.08 bits per heavy atom. The van der Waals surface area contributed by atoms with Gasteiger partial charge in [-0.1, -0.05) is 24.3 Å². The average molecular weight is 331 g/mol. The minimum absolute atomic E-state index is 0.0251. The van der Waals surface area contributed by atoms with E-state index in [9.17, 15) is 9.90 Å². The van der Waals surface area contributed by atoms with Crippen LogP contribution in [0.25, 0.3) is 0 Å². The minimum Gasteiger partial charge on any atom is -0.396 e. The van der Waals surface area contributed by atoms with Crippen molar-refractivity contribution in [2.24, 2.45) is 5.92 Å². The summed E-state index contributed by atoms with van der Waals surface area (Å²) < 4.78 is 0. The standard InChI is InChI=1S/C19H29N3O2/c23-15-16-5-3-11-22(13-16)19(24)20-9-4-10-21-12-8-17-6-1-2-7-18(17)14-21/h1-2,6-7,16,23H,3-5,8-15H2,(H,20,24)/t16-/m1/s1. The molecule has 2 N–H and O–H groups in total. The fourth-order valence-electron chi connectivity index (χ4n) is 3.75. The Balaban J connectivity index is 1.35. The average Bonchev–Trinajstić information content (AvgIpc) is 2.65. The quantitative estimate of drug-likeness (QED) is 0.810. The number of hydrogen-bond acceptors (Lipinski definition) is 3. The van der Waals surface area contributed by atoms with Gasteiger partial charge in [-0.25, -0.2) is 4.79 Å². The molecule has 0 aliphatic carbocycles. The highest BCUT2D eigenvalue weighted by molar-refractivity contribution is 5.74. The molecule has 5 heteroatoms. The number of hydrogen-bond donors (Lipinski definition) is 2. The van der Waals surface area contributed by atoms with Crippen molar-refractivity contribution in [3.63, 3.8) is 0 Å². The molecule has 132 valence electrons. The number of likely N-dealkylation sites (tertiary alicyclic amines) is 1. The Hall–Kier alpha value is -1.59. The summed E-state index contributed by atoms with van der Waals surface area (Å²) in [6.45, 7) is 5.55. The number of carbonyl (C=O) groups is 1. The normalized spacial score (nSPS) is 21.4. The second-order valence-electron chi connectivity index (χ2n) is 7.02. The largest absolute Gasteiger partial charge is 0.396 e. The van der Waals surface area contributed by atoms with Crippen molar-refractivity contribution < 1.29 is 9.90 Å². The van der Waals surface area contributed by atoms with Gasteiger partial charge in [0.15, 0.2) is 0 Å². The first-order valence-electron chi connectivity index (χ1n) is 9.19. The number of fused-ring (bicyclic) bond motifs is 1. The maximum absolute atomic E-state index is 12.2. The molecule has 0 unspecified atom stereocenters. The predicted octanol–water partition coefficient (Wildman–Crippen LogP) is 1.85. The van der Waals surface area contributed by atoms with Gasteiger partial charge in [-0.3, -0.25) is 4.90 Å². The summed E-state index contributed by atoms with van der Waals surface area (Å²) in [4.78, 5) is 16.5. The number of aliphatic hydroxyl groups excluding tert-OH is 1. The summed E-state index contributed by atoms with van der Waals surface area (Å²) in [5.74, 6) is 0.248. The molecular weight excluding hydrogens is 302 g/mol. The second kappa shape index (κ2) is 8.49. The van der Waals surface area contributed by atoms with Gasteiger partial charge in [0.2, 0.25) is 0 Å². The maximum atomic E-state index is 12.2. The lowest BCUT2D eigenvalue weighted by Gasteiger charge is -2.32. The Morgan fingerprint density at radius 3 is 2.92 bits per heavy atom. The van der Waals surface area contributed by atoms with Gasteiger partial charge < -0.3 is 15.3 Å². The Labute approximate surface area is 144 Å². The third kappa shape index (κ3) is 4.48. The number of carbonyl (C=O) groups excluding carboxylic acids is 1. The summed E-state index contributed by atoms with van der Waals surface area (Å²) in [5, 5.41) is 12.3. The summed E-state index contributed by atoms with van der Waals surface area (Å²) in [6.07, 6.45) is 4.12. The lowest BCUT2D eigenvalue weighted by atomic mass is 9.99. The summed E-state index contributed by atoms with van der Waals surface area (Å²) in [5.41, 5.74) is 2.92. The van der Waals surface area contributed by atoms with Crippen molar-refractivity contribution in [3.05, 3.63) is 35.4 Å². The molecule has 0 spiro atoms. The first-order chi connectivity index (χ1) is 11.8. The number of nitrogens with zero attached hydrogens (tertiary/aromatic N) is 2. The Morgan fingerprint density at radius 1 is 1.25 bits per heavy atom. The minimum atomic E-state index is 0.0251. The number of rotatable bonds is 5. The van der Waals surface area contributed by atoms with E-state index >= 15 is 0 Å². The number of piperidine rings is 1. The molecule has 2 heterocycles. The number of urea groups is 1. The summed E-state index contributed by atoms with van der Waals surface area (Å²) in [7, 11) is 0. The zero-order valence-corrected chi connectivity index (χ0v) is 14.4. The van der Waals surface area contributed by atoms with Crippen molar-refractivity contribution in [1.29, 1.82) is 0 Å². The van der Waals surface area contributed by atoms with E-state index in [2.05, 4.69) is 34.5 Å². The molecule has 1 fully saturated rings. The lowest BCUT2D eigenvalue weighted by Crippen LogP contribution is -2.46. The number of aliphatic hydroxyl groups is 1. The van der Waals surface area contributed by atoms with Crippen LogP contribution in [-0.4, -0.2) is 60.3 Å². The Kier molecular flexibility index (Phi) is 6.10. The molecule has 3 rings (SSSR count). The predicted molar refractivity (Wildman–Crippen MR) is 94.8 cm³/mol. The highest BCUT2D eigenvalue weighted by Gasteiger charge is 2.22. The van der Waals surface area contributed by atoms with Gasteiger partial charge >= 0.3 is 6.03 Å². The van der Waals surface area contributed by atoms with Crippen molar-refractivity contribution in [3.8, 4) is 0 Å². The Bertz CT molecular complexity index is 549. The third-order valence-electron chi connectivity index (χ3n) is 5.20. The van der Waals surface area contributed by atoms with Crippen molar-refractivity contribution in [2.45, 2.75) is 32.2 Å². The molecule has 0 radical (unpaired) electrons. The molecule has 0 bridgehead atoms. The molecule has 1 saturated heterocycles. The van der Waals surface area contributed by atoms with Gasteiger partial charge in [-0.05, 0) is 42.7 Å². The van der Waals surface area contributed by atoms with Gasteiger partial charge in [0.05, 0.1) is 0 Å². The first kappa shape index (κ1) is 17.2. The smallest absolute Gasteiger partial charge is 0.317 e. The molecule has 0 aromatic heterocycles. The molecule has 1 aromatic rings. The molecule has 0 saturated carbocycles. The van der Waals surface area contributed by atoms with Crippen LogP contribution < -0.4 is 5.32 Å². The third-order valence-corrected chi connectivity index (χ3v) is 5.20. The molecule has 1 atom stereocenters. The molecule has 1 aromatic carbocycles. The zero-order chi connectivity index (χ0) is 16.8. The van der Waals surface area contributed by atoms with Gasteiger partial charge in [0.1, 0.15) is 0 Å². The van der Waals surface area contributed by atoms with Crippen LogP contribution in [0.15, 0.2) is 24.3 Å². The van der Waals surface area contributed by atoms with Gasteiger partial charge in [0.25, 0.3) is 0 Å². The van der Waals surface area contributed by atoms with Crippen LogP contribution in [0.1, 0.15) is 30.4 Å². The molecule has 2 aliphatic rings. The van der Waals surface area contributed by atoms with Crippen LogP contribution in [-0.2, 0) is 13.0 Å². The van der Waals surface area contributed by atoms with E-state index in [4.69, 9.17) is 0 Å². The number of amides is 2. The van der Waals surface area contributed by atoms with Crippen LogP contribution in [0.5, 0.6) is 0 Å². The van der Waals surface area contributed by atoms with Crippen molar-refractivity contribution in [2.75, 3.05) is 39.3 Å². The molecular formula is C19H29N3O2. The summed E-state index contributed by atoms with van der Waals surface area (Å²) in [6, 6.07) is 8.70. The molecule has 5 nitrogen and oxygen atoms in total. The lowest BCUT2D eigenvalue weighted by molar-refractivity contribution is 0.129. The van der Waals surface area contributed by atoms with E-state index in [0.717, 1.165) is 58.4 Å². The van der Waals surface area contributed by atoms with Crippen LogP contribution in [0, 0.1) is 5.92 Å². The fourth-order valence-corrected chi connectivity index (χ4v) is 3.75. The summed E-state index contributed by atoms with van der Waals surface area (Å²) >= 11 is 0. The molecule has 24 heavy (non-hydrogen) atoms. The van der Waals surface area contributed by atoms with E-state index in [-0.39, 0.29) is 18.6 Å². The topological polar surface area (TPSA) is 55.8 Å². The molecule has 2 aliphatic heterocycles.